The molecule has 0 aliphatic rings. The molecule has 1 amide bonds. The van der Waals surface area contributed by atoms with Crippen LogP contribution >= 0.6 is 11.6 Å². The lowest BCUT2D eigenvalue weighted by molar-refractivity contribution is 0.0954. The summed E-state index contributed by atoms with van der Waals surface area (Å²) >= 11 is 6.02. The topological polar surface area (TPSA) is 69.2 Å². The van der Waals surface area contributed by atoms with Crippen LogP contribution in [0, 0.1) is 0 Å². The van der Waals surface area contributed by atoms with Gasteiger partial charge >= 0.3 is 0 Å². The van der Waals surface area contributed by atoms with Gasteiger partial charge in [0.25, 0.3) is 5.91 Å². The number of methoxy groups -OCH3 is 1. The molecule has 0 aliphatic carbocycles. The van der Waals surface area contributed by atoms with E-state index in [0.29, 0.717) is 41.0 Å². The Morgan fingerprint density at radius 3 is 2.61 bits per heavy atom. The van der Waals surface area contributed by atoms with Gasteiger partial charge in [-0.05, 0) is 55.0 Å². The van der Waals surface area contributed by atoms with Gasteiger partial charge in [-0.2, -0.15) is 5.10 Å². The van der Waals surface area contributed by atoms with Crippen molar-refractivity contribution in [3.8, 4) is 17.2 Å². The Balaban J connectivity index is 1.66. The molecule has 3 aromatic rings. The summed E-state index contributed by atoms with van der Waals surface area (Å²) in [5.74, 6) is 1.34. The van der Waals surface area contributed by atoms with E-state index in [2.05, 4.69) is 10.5 Å². The molecule has 0 radical (unpaired) electrons. The third-order valence-corrected chi connectivity index (χ3v) is 4.53. The van der Waals surface area contributed by atoms with E-state index >= 15 is 0 Å². The number of hydrazone groups is 1. The summed E-state index contributed by atoms with van der Waals surface area (Å²) in [6.07, 6.45) is 1.54. The minimum atomic E-state index is -0.364. The molecule has 0 fully saturated rings. The maximum atomic E-state index is 12.5. The van der Waals surface area contributed by atoms with Crippen molar-refractivity contribution in [2.24, 2.45) is 5.10 Å². The minimum Gasteiger partial charge on any atom is -0.493 e. The lowest BCUT2D eigenvalue weighted by atomic mass is 10.2. The van der Waals surface area contributed by atoms with Gasteiger partial charge in [-0.25, -0.2) is 5.43 Å². The number of benzene rings is 3. The summed E-state index contributed by atoms with van der Waals surface area (Å²) in [5, 5.41) is 4.73. The monoisotopic (exact) mass is 438 g/mol. The fraction of sp³-hybridized carbons (Fsp3) is 0.167. The summed E-state index contributed by atoms with van der Waals surface area (Å²) in [4.78, 5) is 12.5. The largest absolute Gasteiger partial charge is 0.493 e. The Morgan fingerprint density at radius 2 is 1.84 bits per heavy atom. The fourth-order valence-corrected chi connectivity index (χ4v) is 3.03. The average molecular weight is 439 g/mol. The quantitative estimate of drug-likeness (QED) is 0.373. The van der Waals surface area contributed by atoms with Gasteiger partial charge in [0, 0.05) is 16.1 Å². The maximum Gasteiger partial charge on any atom is 0.271 e. The van der Waals surface area contributed by atoms with E-state index in [1.54, 1.807) is 25.3 Å². The molecule has 0 aliphatic heterocycles. The molecule has 0 saturated carbocycles. The van der Waals surface area contributed by atoms with E-state index in [1.165, 1.54) is 6.21 Å². The second-order valence-electron chi connectivity index (χ2n) is 6.45. The fourth-order valence-electron chi connectivity index (χ4n) is 2.82. The van der Waals surface area contributed by atoms with Crippen LogP contribution in [0.3, 0.4) is 0 Å². The van der Waals surface area contributed by atoms with Crippen LogP contribution in [-0.4, -0.2) is 25.8 Å². The standard InChI is InChI=1S/C24H23ClN2O4/c1-3-30-23-14-18(11-12-22(23)29-2)24(28)27-26-15-19-8-4-5-10-21(19)31-16-17-7-6-9-20(25)13-17/h4-15H,3,16H2,1-2H3,(H,27,28)/b26-15+. The van der Waals surface area contributed by atoms with E-state index in [1.807, 2.05) is 55.5 Å². The molecular weight excluding hydrogens is 416 g/mol. The number of halogens is 1. The third-order valence-electron chi connectivity index (χ3n) is 4.30. The Morgan fingerprint density at radius 1 is 1.00 bits per heavy atom. The van der Waals surface area contributed by atoms with Gasteiger partial charge in [-0.3, -0.25) is 4.79 Å². The van der Waals surface area contributed by atoms with Gasteiger partial charge in [0.05, 0.1) is 19.9 Å². The average Bonchev–Trinajstić information content (AvgIpc) is 2.78. The highest BCUT2D eigenvalue weighted by Crippen LogP contribution is 2.28. The van der Waals surface area contributed by atoms with Crippen LogP contribution in [0.25, 0.3) is 0 Å². The highest BCUT2D eigenvalue weighted by Gasteiger charge is 2.10. The molecule has 0 bridgehead atoms. The lowest BCUT2D eigenvalue weighted by Crippen LogP contribution is -2.17. The van der Waals surface area contributed by atoms with Crippen molar-refractivity contribution in [1.82, 2.24) is 5.43 Å². The number of carbonyl (C=O) groups excluding carboxylic acids is 1. The number of amides is 1. The Bertz CT molecular complexity index is 1070. The van der Waals surface area contributed by atoms with Gasteiger partial charge in [0.15, 0.2) is 11.5 Å². The molecule has 6 nitrogen and oxygen atoms in total. The first-order valence-corrected chi connectivity index (χ1v) is 10.1. The predicted molar refractivity (Wildman–Crippen MR) is 121 cm³/mol. The Hall–Kier alpha value is -3.51. The first-order chi connectivity index (χ1) is 15.1. The normalized spacial score (nSPS) is 10.7. The predicted octanol–water partition coefficient (Wildman–Crippen LogP) is 5.09. The number of carbonyl (C=O) groups is 1. The summed E-state index contributed by atoms with van der Waals surface area (Å²) in [6, 6.07) is 19.9. The highest BCUT2D eigenvalue weighted by atomic mass is 35.5. The zero-order valence-electron chi connectivity index (χ0n) is 17.3. The molecule has 0 atom stereocenters. The first-order valence-electron chi connectivity index (χ1n) is 9.71. The maximum absolute atomic E-state index is 12.5. The minimum absolute atomic E-state index is 0.364. The smallest absolute Gasteiger partial charge is 0.271 e. The molecule has 7 heteroatoms. The molecule has 0 saturated heterocycles. The molecule has 0 unspecified atom stereocenters. The van der Waals surface area contributed by atoms with Crippen LogP contribution in [0.4, 0.5) is 0 Å². The molecule has 0 spiro atoms. The number of ether oxygens (including phenoxy) is 3. The highest BCUT2D eigenvalue weighted by molar-refractivity contribution is 6.30. The van der Waals surface area contributed by atoms with Gasteiger partial charge in [0.2, 0.25) is 0 Å². The van der Waals surface area contributed by atoms with Crippen LogP contribution < -0.4 is 19.6 Å². The number of nitrogens with zero attached hydrogens (tertiary/aromatic N) is 1. The molecule has 31 heavy (non-hydrogen) atoms. The van der Waals surface area contributed by atoms with Gasteiger partial charge in [-0.15, -0.1) is 0 Å². The van der Waals surface area contributed by atoms with Crippen molar-refractivity contribution in [1.29, 1.82) is 0 Å². The second-order valence-corrected chi connectivity index (χ2v) is 6.89. The molecule has 0 aromatic heterocycles. The second kappa shape index (κ2) is 11.0. The molecule has 0 heterocycles. The van der Waals surface area contributed by atoms with Gasteiger partial charge < -0.3 is 14.2 Å². The third kappa shape index (κ3) is 6.23. The Kier molecular flexibility index (Phi) is 7.90. The van der Waals surface area contributed by atoms with Crippen LogP contribution in [0.2, 0.25) is 5.02 Å². The summed E-state index contributed by atoms with van der Waals surface area (Å²) in [6.45, 7) is 2.69. The zero-order valence-corrected chi connectivity index (χ0v) is 18.1. The molecule has 3 rings (SSSR count). The van der Waals surface area contributed by atoms with Crippen LogP contribution in [0.1, 0.15) is 28.4 Å². The van der Waals surface area contributed by atoms with Gasteiger partial charge in [0.1, 0.15) is 12.4 Å². The number of hydrogen-bond donors (Lipinski definition) is 1. The van der Waals surface area contributed by atoms with E-state index < -0.39 is 0 Å². The van der Waals surface area contributed by atoms with Crippen molar-refractivity contribution in [3.63, 3.8) is 0 Å². The van der Waals surface area contributed by atoms with Gasteiger partial charge in [-0.1, -0.05) is 35.9 Å². The zero-order chi connectivity index (χ0) is 22.1. The van der Waals surface area contributed by atoms with Crippen LogP contribution in [-0.2, 0) is 6.61 Å². The summed E-state index contributed by atoms with van der Waals surface area (Å²) in [7, 11) is 1.55. The van der Waals surface area contributed by atoms with Crippen molar-refractivity contribution < 1.29 is 19.0 Å². The van der Waals surface area contributed by atoms with Crippen molar-refractivity contribution >= 4 is 23.7 Å². The van der Waals surface area contributed by atoms with E-state index in [9.17, 15) is 4.79 Å². The van der Waals surface area contributed by atoms with Crippen molar-refractivity contribution in [2.45, 2.75) is 13.5 Å². The van der Waals surface area contributed by atoms with Crippen LogP contribution in [0.15, 0.2) is 71.8 Å². The summed E-state index contributed by atoms with van der Waals surface area (Å²) < 4.78 is 16.6. The van der Waals surface area contributed by atoms with E-state index in [-0.39, 0.29) is 5.91 Å². The number of rotatable bonds is 9. The van der Waals surface area contributed by atoms with Crippen molar-refractivity contribution in [3.05, 3.63) is 88.4 Å². The summed E-state index contributed by atoms with van der Waals surface area (Å²) in [5.41, 5.74) is 4.62. The SMILES string of the molecule is CCOc1cc(C(=O)N/N=C/c2ccccc2OCc2cccc(Cl)c2)ccc1OC. The van der Waals surface area contributed by atoms with Crippen LogP contribution in [0.5, 0.6) is 17.2 Å². The Labute approximate surface area is 186 Å². The number of para-hydroxylation sites is 1. The van der Waals surface area contributed by atoms with E-state index in [4.69, 9.17) is 25.8 Å². The number of hydrogen-bond acceptors (Lipinski definition) is 5. The molecule has 1 N–H and O–H groups in total. The number of nitrogens with one attached hydrogen (secondary N) is 1. The molecule has 3 aromatic carbocycles. The molecule has 160 valence electrons. The van der Waals surface area contributed by atoms with E-state index in [0.717, 1.165) is 11.1 Å². The first kappa shape index (κ1) is 22.2. The van der Waals surface area contributed by atoms with Crippen molar-refractivity contribution in [2.75, 3.05) is 13.7 Å². The lowest BCUT2D eigenvalue weighted by Gasteiger charge is -2.10. The molecular formula is C24H23ClN2O4.